The summed E-state index contributed by atoms with van der Waals surface area (Å²) in [6, 6.07) is 7.55. The number of hydrogen-bond donors (Lipinski definition) is 2. The number of benzene rings is 1. The third kappa shape index (κ3) is 1.73. The number of rotatable bonds is 2. The van der Waals surface area contributed by atoms with Gasteiger partial charge in [-0.25, -0.2) is 0 Å². The molecule has 2 N–H and O–H groups in total. The summed E-state index contributed by atoms with van der Waals surface area (Å²) in [5.41, 5.74) is 1.88. The van der Waals surface area contributed by atoms with Crippen LogP contribution < -0.4 is 10.2 Å². The third-order valence-corrected chi connectivity index (χ3v) is 4.37. The zero-order chi connectivity index (χ0) is 14.2. The van der Waals surface area contributed by atoms with Gasteiger partial charge in [-0.3, -0.25) is 4.79 Å². The van der Waals surface area contributed by atoms with E-state index in [1.54, 1.807) is 11.0 Å². The smallest absolute Gasteiger partial charge is 0.237 e. The summed E-state index contributed by atoms with van der Waals surface area (Å²) in [4.78, 5) is 14.5. The molecular formula is C15H17N3O2. The highest BCUT2D eigenvalue weighted by atomic mass is 16.3. The normalized spacial score (nSPS) is 20.0. The highest BCUT2D eigenvalue weighted by molar-refractivity contribution is 6.08. The lowest BCUT2D eigenvalue weighted by molar-refractivity contribution is -0.124. The van der Waals surface area contributed by atoms with Gasteiger partial charge in [-0.1, -0.05) is 0 Å². The Labute approximate surface area is 117 Å². The summed E-state index contributed by atoms with van der Waals surface area (Å²) < 4.78 is 0. The number of hydrogen-bond acceptors (Lipinski definition) is 4. The molecule has 5 heteroatoms. The lowest BCUT2D eigenvalue weighted by Crippen LogP contribution is -2.47. The first kappa shape index (κ1) is 13.1. The van der Waals surface area contributed by atoms with Crippen LogP contribution >= 0.6 is 0 Å². The number of aliphatic hydroxyl groups excluding tert-OH is 1. The van der Waals surface area contributed by atoms with E-state index in [1.807, 2.05) is 12.1 Å². The first-order valence-electron chi connectivity index (χ1n) is 6.91. The number of β-amino-alcohol motifs (C(OH)–C–C–N with tert-alkyl or cyclic N) is 1. The third-order valence-electron chi connectivity index (χ3n) is 4.37. The molecule has 3 rings (SSSR count). The van der Waals surface area contributed by atoms with Crippen LogP contribution in [0.1, 0.15) is 24.0 Å². The molecule has 0 saturated carbocycles. The molecular weight excluding hydrogens is 254 g/mol. The Hall–Kier alpha value is -1.90. The highest BCUT2D eigenvalue weighted by Gasteiger charge is 2.50. The van der Waals surface area contributed by atoms with Gasteiger partial charge in [-0.2, -0.15) is 5.26 Å². The van der Waals surface area contributed by atoms with Crippen molar-refractivity contribution in [3.05, 3.63) is 29.3 Å². The Kier molecular flexibility index (Phi) is 3.20. The van der Waals surface area contributed by atoms with Crippen LogP contribution in [0, 0.1) is 11.3 Å². The monoisotopic (exact) mass is 271 g/mol. The van der Waals surface area contributed by atoms with Crippen LogP contribution in [0.3, 0.4) is 0 Å². The predicted molar refractivity (Wildman–Crippen MR) is 74.4 cm³/mol. The summed E-state index contributed by atoms with van der Waals surface area (Å²) >= 11 is 0. The number of nitriles is 1. The minimum absolute atomic E-state index is 0.0560. The highest BCUT2D eigenvalue weighted by Crippen LogP contribution is 2.47. The lowest BCUT2D eigenvalue weighted by Gasteiger charge is -2.33. The van der Waals surface area contributed by atoms with E-state index < -0.39 is 5.41 Å². The molecule has 2 heterocycles. The Morgan fingerprint density at radius 3 is 2.80 bits per heavy atom. The van der Waals surface area contributed by atoms with Gasteiger partial charge in [-0.05, 0) is 49.7 Å². The van der Waals surface area contributed by atoms with Gasteiger partial charge in [0.2, 0.25) is 5.91 Å². The molecule has 1 aromatic carbocycles. The topological polar surface area (TPSA) is 76.4 Å². The second-order valence-electron chi connectivity index (χ2n) is 5.36. The number of amides is 1. The van der Waals surface area contributed by atoms with Crippen molar-refractivity contribution in [1.82, 2.24) is 5.32 Å². The molecule has 0 aromatic heterocycles. The maximum Gasteiger partial charge on any atom is 0.237 e. The number of piperidine rings is 1. The minimum atomic E-state index is -0.511. The summed E-state index contributed by atoms with van der Waals surface area (Å²) in [7, 11) is 0. The summed E-state index contributed by atoms with van der Waals surface area (Å²) in [6.45, 7) is 1.86. The largest absolute Gasteiger partial charge is 0.395 e. The fraction of sp³-hybridized carbons (Fsp3) is 0.467. The minimum Gasteiger partial charge on any atom is -0.395 e. The first-order valence-corrected chi connectivity index (χ1v) is 6.91. The second kappa shape index (κ2) is 4.89. The number of carbonyl (C=O) groups excluding carboxylic acids is 1. The maximum atomic E-state index is 12.8. The van der Waals surface area contributed by atoms with Crippen molar-refractivity contribution in [2.75, 3.05) is 31.1 Å². The molecule has 1 amide bonds. The quantitative estimate of drug-likeness (QED) is 0.822. The van der Waals surface area contributed by atoms with E-state index in [9.17, 15) is 9.90 Å². The Bertz CT molecular complexity index is 585. The van der Waals surface area contributed by atoms with Crippen LogP contribution in [0.25, 0.3) is 0 Å². The molecule has 0 unspecified atom stereocenters. The van der Waals surface area contributed by atoms with Crippen LogP contribution in [0.4, 0.5) is 5.69 Å². The van der Waals surface area contributed by atoms with Crippen LogP contribution in [-0.4, -0.2) is 37.3 Å². The zero-order valence-electron chi connectivity index (χ0n) is 11.2. The SMILES string of the molecule is N#Cc1ccc2c(c1)C1(CCNCC1)C(=O)N2CCO. The van der Waals surface area contributed by atoms with Gasteiger partial charge in [0, 0.05) is 12.2 Å². The number of carbonyl (C=O) groups is 1. The average Bonchev–Trinajstić information content (AvgIpc) is 2.71. The first-order chi connectivity index (χ1) is 9.73. The van der Waals surface area contributed by atoms with Gasteiger partial charge in [0.25, 0.3) is 0 Å². The van der Waals surface area contributed by atoms with Gasteiger partial charge in [0.15, 0.2) is 0 Å². The second-order valence-corrected chi connectivity index (χ2v) is 5.36. The van der Waals surface area contributed by atoms with E-state index in [0.717, 1.165) is 37.2 Å². The molecule has 0 bridgehead atoms. The number of fused-ring (bicyclic) bond motifs is 2. The van der Waals surface area contributed by atoms with E-state index in [4.69, 9.17) is 5.26 Å². The number of anilines is 1. The van der Waals surface area contributed by atoms with Gasteiger partial charge >= 0.3 is 0 Å². The maximum absolute atomic E-state index is 12.8. The summed E-state index contributed by atoms with van der Waals surface area (Å²) in [5.74, 6) is 0.0677. The van der Waals surface area contributed by atoms with E-state index in [-0.39, 0.29) is 12.5 Å². The molecule has 1 spiro atoms. The van der Waals surface area contributed by atoms with E-state index in [1.165, 1.54) is 0 Å². The van der Waals surface area contributed by atoms with Crippen LogP contribution in [0.2, 0.25) is 0 Å². The fourth-order valence-electron chi connectivity index (χ4n) is 3.37. The predicted octanol–water partition coefficient (Wildman–Crippen LogP) is 0.518. The molecule has 20 heavy (non-hydrogen) atoms. The van der Waals surface area contributed by atoms with Gasteiger partial charge in [0.1, 0.15) is 0 Å². The molecule has 1 aromatic rings. The van der Waals surface area contributed by atoms with Crippen molar-refractivity contribution >= 4 is 11.6 Å². The molecule has 104 valence electrons. The number of aliphatic hydroxyl groups is 1. The van der Waals surface area contributed by atoms with Crippen molar-refractivity contribution < 1.29 is 9.90 Å². The van der Waals surface area contributed by atoms with Gasteiger partial charge < -0.3 is 15.3 Å². The van der Waals surface area contributed by atoms with Crippen molar-refractivity contribution in [2.45, 2.75) is 18.3 Å². The standard InChI is InChI=1S/C15H17N3O2/c16-10-11-1-2-13-12(9-11)15(3-5-17-6-4-15)14(20)18(13)7-8-19/h1-2,9,17,19H,3-8H2. The lowest BCUT2D eigenvalue weighted by atomic mass is 9.74. The van der Waals surface area contributed by atoms with E-state index in [2.05, 4.69) is 11.4 Å². The van der Waals surface area contributed by atoms with E-state index >= 15 is 0 Å². The molecule has 0 aliphatic carbocycles. The Balaban J connectivity index is 2.14. The Morgan fingerprint density at radius 1 is 1.40 bits per heavy atom. The molecule has 2 aliphatic heterocycles. The molecule has 1 saturated heterocycles. The summed E-state index contributed by atoms with van der Waals surface area (Å²) in [6.07, 6.45) is 1.49. The Morgan fingerprint density at radius 2 is 2.15 bits per heavy atom. The fourth-order valence-corrected chi connectivity index (χ4v) is 3.37. The zero-order valence-corrected chi connectivity index (χ0v) is 11.2. The van der Waals surface area contributed by atoms with Crippen molar-refractivity contribution in [3.63, 3.8) is 0 Å². The van der Waals surface area contributed by atoms with E-state index in [0.29, 0.717) is 12.1 Å². The van der Waals surface area contributed by atoms with Crippen LogP contribution in [0.5, 0.6) is 0 Å². The van der Waals surface area contributed by atoms with Crippen molar-refractivity contribution in [3.8, 4) is 6.07 Å². The van der Waals surface area contributed by atoms with Crippen molar-refractivity contribution in [2.24, 2.45) is 0 Å². The van der Waals surface area contributed by atoms with Gasteiger partial charge in [0.05, 0.1) is 23.7 Å². The van der Waals surface area contributed by atoms with Crippen LogP contribution in [-0.2, 0) is 10.2 Å². The molecule has 1 fully saturated rings. The molecule has 0 radical (unpaired) electrons. The summed E-state index contributed by atoms with van der Waals surface area (Å²) in [5, 5.41) is 21.6. The number of nitrogens with zero attached hydrogens (tertiary/aromatic N) is 2. The van der Waals surface area contributed by atoms with Gasteiger partial charge in [-0.15, -0.1) is 0 Å². The number of nitrogens with one attached hydrogen (secondary N) is 1. The molecule has 2 aliphatic rings. The average molecular weight is 271 g/mol. The van der Waals surface area contributed by atoms with Crippen LogP contribution in [0.15, 0.2) is 18.2 Å². The van der Waals surface area contributed by atoms with Crippen molar-refractivity contribution in [1.29, 1.82) is 5.26 Å². The molecule has 5 nitrogen and oxygen atoms in total. The molecule has 0 atom stereocenters.